The van der Waals surface area contributed by atoms with Crippen LogP contribution in [0.1, 0.15) is 22.8 Å². The van der Waals surface area contributed by atoms with Crippen molar-refractivity contribution in [2.24, 2.45) is 0 Å². The fraction of sp³-hybridized carbons (Fsp3) is 0.368. The van der Waals surface area contributed by atoms with E-state index < -0.39 is 0 Å². The largest absolute Gasteiger partial charge is 0.382 e. The van der Waals surface area contributed by atoms with Crippen LogP contribution in [0, 0.1) is 0 Å². The molecule has 3 rings (SSSR count). The van der Waals surface area contributed by atoms with Crippen LogP contribution in [-0.4, -0.2) is 49.0 Å². The highest BCUT2D eigenvalue weighted by Gasteiger charge is 2.31. The number of anilines is 2. The number of pyridine rings is 1. The molecule has 0 bridgehead atoms. The zero-order valence-corrected chi connectivity index (χ0v) is 14.5. The second-order valence-electron chi connectivity index (χ2n) is 6.55. The number of amides is 1. The van der Waals surface area contributed by atoms with Crippen molar-refractivity contribution in [1.82, 2.24) is 9.88 Å². The van der Waals surface area contributed by atoms with Crippen LogP contribution in [0.2, 0.25) is 0 Å². The third-order valence-corrected chi connectivity index (χ3v) is 4.30. The van der Waals surface area contributed by atoms with Crippen LogP contribution in [0.25, 0.3) is 0 Å². The van der Waals surface area contributed by atoms with Gasteiger partial charge >= 0.3 is 0 Å². The van der Waals surface area contributed by atoms with E-state index in [1.165, 1.54) is 5.56 Å². The van der Waals surface area contributed by atoms with Crippen molar-refractivity contribution in [2.45, 2.75) is 19.4 Å². The van der Waals surface area contributed by atoms with Gasteiger partial charge in [0.2, 0.25) is 0 Å². The third kappa shape index (κ3) is 3.41. The maximum absolute atomic E-state index is 13.0. The van der Waals surface area contributed by atoms with Gasteiger partial charge in [-0.05, 0) is 45.1 Å². The Kier molecular flexibility index (Phi) is 4.81. The van der Waals surface area contributed by atoms with E-state index in [2.05, 4.69) is 28.2 Å². The number of benzene rings is 1. The highest BCUT2D eigenvalue weighted by molar-refractivity contribution is 6.08. The van der Waals surface area contributed by atoms with Crippen LogP contribution in [0.3, 0.4) is 0 Å². The monoisotopic (exact) mass is 324 g/mol. The first-order chi connectivity index (χ1) is 11.6. The Labute approximate surface area is 143 Å². The lowest BCUT2D eigenvalue weighted by Crippen LogP contribution is -2.35. The lowest BCUT2D eigenvalue weighted by Gasteiger charge is -2.23. The molecular weight excluding hydrogens is 300 g/mol. The SMILES string of the molecule is CC1Cc2ccccc2N1C(=O)c1cncc(NCCN(C)C)c1. The van der Waals surface area contributed by atoms with Crippen molar-refractivity contribution in [3.63, 3.8) is 0 Å². The molecule has 126 valence electrons. The lowest BCUT2D eigenvalue weighted by atomic mass is 10.1. The van der Waals surface area contributed by atoms with E-state index in [1.54, 1.807) is 12.4 Å². The maximum atomic E-state index is 13.0. The number of nitrogens with one attached hydrogen (secondary N) is 1. The first-order valence-corrected chi connectivity index (χ1v) is 8.31. The summed E-state index contributed by atoms with van der Waals surface area (Å²) in [6.07, 6.45) is 4.30. The van der Waals surface area contributed by atoms with E-state index in [0.29, 0.717) is 5.56 Å². The molecule has 1 aromatic carbocycles. The molecule has 2 aromatic rings. The molecule has 5 nitrogen and oxygen atoms in total. The van der Waals surface area contributed by atoms with Gasteiger partial charge < -0.3 is 15.1 Å². The van der Waals surface area contributed by atoms with Crippen LogP contribution in [0.15, 0.2) is 42.7 Å². The second-order valence-corrected chi connectivity index (χ2v) is 6.55. The van der Waals surface area contributed by atoms with E-state index in [-0.39, 0.29) is 11.9 Å². The molecule has 2 heterocycles. The molecule has 1 aromatic heterocycles. The molecule has 0 saturated heterocycles. The average Bonchev–Trinajstić information content (AvgIpc) is 2.90. The molecule has 0 fully saturated rings. The van der Waals surface area contributed by atoms with Gasteiger partial charge in [0, 0.05) is 37.2 Å². The van der Waals surface area contributed by atoms with E-state index in [1.807, 2.05) is 43.3 Å². The fourth-order valence-electron chi connectivity index (χ4n) is 3.09. The summed E-state index contributed by atoms with van der Waals surface area (Å²) >= 11 is 0. The number of nitrogens with zero attached hydrogens (tertiary/aromatic N) is 3. The number of hydrogen-bond acceptors (Lipinski definition) is 4. The van der Waals surface area contributed by atoms with Crippen molar-refractivity contribution in [1.29, 1.82) is 0 Å². The van der Waals surface area contributed by atoms with Gasteiger partial charge in [-0.15, -0.1) is 0 Å². The number of carbonyl (C=O) groups excluding carboxylic acids is 1. The first kappa shape index (κ1) is 16.5. The standard InChI is InChI=1S/C19H24N4O/c1-14-10-15-6-4-5-7-18(15)23(14)19(24)16-11-17(13-20-12-16)21-8-9-22(2)3/h4-7,11-14,21H,8-10H2,1-3H3. The molecule has 24 heavy (non-hydrogen) atoms. The molecule has 1 N–H and O–H groups in total. The maximum Gasteiger partial charge on any atom is 0.260 e. The van der Waals surface area contributed by atoms with Crippen LogP contribution in [0.5, 0.6) is 0 Å². The number of likely N-dealkylation sites (N-methyl/N-ethyl adjacent to an activating group) is 1. The molecule has 0 saturated carbocycles. The van der Waals surface area contributed by atoms with Crippen LogP contribution in [0.4, 0.5) is 11.4 Å². The Hall–Kier alpha value is -2.40. The molecule has 1 atom stereocenters. The molecule has 1 aliphatic rings. The van der Waals surface area contributed by atoms with Gasteiger partial charge in [0.25, 0.3) is 5.91 Å². The Balaban J connectivity index is 1.78. The molecule has 5 heteroatoms. The van der Waals surface area contributed by atoms with Gasteiger partial charge in [-0.2, -0.15) is 0 Å². The summed E-state index contributed by atoms with van der Waals surface area (Å²) in [6, 6.07) is 10.2. The zero-order chi connectivity index (χ0) is 17.1. The zero-order valence-electron chi connectivity index (χ0n) is 14.5. The summed E-state index contributed by atoms with van der Waals surface area (Å²) in [5.74, 6) is 0.0104. The van der Waals surface area contributed by atoms with E-state index >= 15 is 0 Å². The Morgan fingerprint density at radius 1 is 1.33 bits per heavy atom. The molecular formula is C19H24N4O. The van der Waals surface area contributed by atoms with E-state index in [4.69, 9.17) is 0 Å². The average molecular weight is 324 g/mol. The molecule has 0 radical (unpaired) electrons. The molecule has 1 amide bonds. The predicted octanol–water partition coefficient (Wildman–Crippen LogP) is 2.65. The van der Waals surface area contributed by atoms with Gasteiger partial charge in [-0.25, -0.2) is 0 Å². The Morgan fingerprint density at radius 3 is 2.92 bits per heavy atom. The van der Waals surface area contributed by atoms with Crippen LogP contribution >= 0.6 is 0 Å². The minimum atomic E-state index is 0.0104. The highest BCUT2D eigenvalue weighted by atomic mass is 16.2. The number of aromatic nitrogens is 1. The topological polar surface area (TPSA) is 48.5 Å². The minimum Gasteiger partial charge on any atom is -0.382 e. The van der Waals surface area contributed by atoms with Gasteiger partial charge in [0.15, 0.2) is 0 Å². The van der Waals surface area contributed by atoms with Gasteiger partial charge in [0.05, 0.1) is 11.3 Å². The fourth-order valence-corrected chi connectivity index (χ4v) is 3.09. The minimum absolute atomic E-state index is 0.0104. The summed E-state index contributed by atoms with van der Waals surface area (Å²) in [5, 5.41) is 3.32. The quantitative estimate of drug-likeness (QED) is 0.918. The number of fused-ring (bicyclic) bond motifs is 1. The van der Waals surface area contributed by atoms with Gasteiger partial charge in [0.1, 0.15) is 0 Å². The number of carbonyl (C=O) groups is 1. The third-order valence-electron chi connectivity index (χ3n) is 4.30. The van der Waals surface area contributed by atoms with Crippen molar-refractivity contribution >= 4 is 17.3 Å². The van der Waals surface area contributed by atoms with E-state index in [9.17, 15) is 4.79 Å². The molecule has 0 aliphatic carbocycles. The second kappa shape index (κ2) is 7.01. The van der Waals surface area contributed by atoms with Gasteiger partial charge in [-0.1, -0.05) is 18.2 Å². The van der Waals surface area contributed by atoms with Crippen LogP contribution < -0.4 is 10.2 Å². The number of para-hydroxylation sites is 1. The first-order valence-electron chi connectivity index (χ1n) is 8.31. The summed E-state index contributed by atoms with van der Waals surface area (Å²) in [5.41, 5.74) is 3.74. The number of rotatable bonds is 5. The van der Waals surface area contributed by atoms with Crippen molar-refractivity contribution in [3.8, 4) is 0 Å². The smallest absolute Gasteiger partial charge is 0.260 e. The highest BCUT2D eigenvalue weighted by Crippen LogP contribution is 2.33. The summed E-state index contributed by atoms with van der Waals surface area (Å²) in [7, 11) is 4.07. The lowest BCUT2D eigenvalue weighted by molar-refractivity contribution is 0.0981. The molecule has 1 aliphatic heterocycles. The van der Waals surface area contributed by atoms with Gasteiger partial charge in [-0.3, -0.25) is 9.78 Å². The van der Waals surface area contributed by atoms with Crippen LogP contribution in [-0.2, 0) is 6.42 Å². The molecule has 1 unspecified atom stereocenters. The Bertz CT molecular complexity index is 729. The van der Waals surface area contributed by atoms with E-state index in [0.717, 1.165) is 30.9 Å². The summed E-state index contributed by atoms with van der Waals surface area (Å²) < 4.78 is 0. The molecule has 0 spiro atoms. The normalized spacial score (nSPS) is 16.3. The Morgan fingerprint density at radius 2 is 2.12 bits per heavy atom. The summed E-state index contributed by atoms with van der Waals surface area (Å²) in [4.78, 5) is 21.2. The summed E-state index contributed by atoms with van der Waals surface area (Å²) in [6.45, 7) is 3.83. The predicted molar refractivity (Wildman–Crippen MR) is 97.7 cm³/mol. The van der Waals surface area contributed by atoms with Crippen molar-refractivity contribution in [3.05, 3.63) is 53.9 Å². The van der Waals surface area contributed by atoms with Crippen molar-refractivity contribution < 1.29 is 4.79 Å². The van der Waals surface area contributed by atoms with Crippen molar-refractivity contribution in [2.75, 3.05) is 37.4 Å². The number of hydrogen-bond donors (Lipinski definition) is 1.